The highest BCUT2D eigenvalue weighted by atomic mass is 16.3. The Bertz CT molecular complexity index is 768. The molecule has 2 heterocycles. The maximum Gasteiger partial charge on any atom is 0.272 e. The van der Waals surface area contributed by atoms with Crippen LogP contribution in [-0.4, -0.2) is 45.4 Å². The summed E-state index contributed by atoms with van der Waals surface area (Å²) >= 11 is 0. The first kappa shape index (κ1) is 17.2. The topological polar surface area (TPSA) is 70.4 Å². The van der Waals surface area contributed by atoms with Crippen LogP contribution in [0.2, 0.25) is 0 Å². The van der Waals surface area contributed by atoms with Gasteiger partial charge >= 0.3 is 0 Å². The summed E-state index contributed by atoms with van der Waals surface area (Å²) in [6.07, 6.45) is 3.55. The summed E-state index contributed by atoms with van der Waals surface area (Å²) < 4.78 is 1.82. The minimum atomic E-state index is -0.130. The number of nitrogens with one attached hydrogen (secondary N) is 1. The number of fused-ring (bicyclic) bond motifs is 1. The molecule has 0 unspecified atom stereocenters. The van der Waals surface area contributed by atoms with Crippen molar-refractivity contribution >= 4 is 5.91 Å². The Morgan fingerprint density at radius 2 is 2.08 bits per heavy atom. The third-order valence-corrected chi connectivity index (χ3v) is 5.25. The van der Waals surface area contributed by atoms with Gasteiger partial charge in [0, 0.05) is 43.9 Å². The lowest BCUT2D eigenvalue weighted by molar-refractivity contribution is 0.0942. The van der Waals surface area contributed by atoms with Crippen LogP contribution in [0.3, 0.4) is 0 Å². The third-order valence-electron chi connectivity index (χ3n) is 5.25. The predicted molar refractivity (Wildman–Crippen MR) is 98.6 cm³/mol. The Hall–Kier alpha value is -2.18. The Morgan fingerprint density at radius 3 is 2.81 bits per heavy atom. The molecular weight excluding hydrogens is 328 g/mol. The molecule has 1 fully saturated rings. The van der Waals surface area contributed by atoms with Crippen LogP contribution in [0.25, 0.3) is 0 Å². The van der Waals surface area contributed by atoms with Gasteiger partial charge in [-0.05, 0) is 24.3 Å². The third kappa shape index (κ3) is 3.81. The zero-order valence-corrected chi connectivity index (χ0v) is 15.0. The lowest BCUT2D eigenvalue weighted by Crippen LogP contribution is -2.34. The van der Waals surface area contributed by atoms with E-state index in [9.17, 15) is 9.90 Å². The van der Waals surface area contributed by atoms with Crippen molar-refractivity contribution in [1.82, 2.24) is 20.0 Å². The molecule has 1 amide bonds. The van der Waals surface area contributed by atoms with Crippen molar-refractivity contribution in [3.05, 3.63) is 52.8 Å². The number of rotatable bonds is 7. The number of hydrogen-bond donors (Lipinski definition) is 2. The summed E-state index contributed by atoms with van der Waals surface area (Å²) in [5, 5.41) is 16.9. The monoisotopic (exact) mass is 354 g/mol. The van der Waals surface area contributed by atoms with Crippen molar-refractivity contribution in [2.45, 2.75) is 38.9 Å². The smallest absolute Gasteiger partial charge is 0.272 e. The maximum atomic E-state index is 12.8. The van der Waals surface area contributed by atoms with Gasteiger partial charge in [0.2, 0.25) is 0 Å². The summed E-state index contributed by atoms with van der Waals surface area (Å²) in [6, 6.07) is 9.89. The zero-order valence-electron chi connectivity index (χ0n) is 15.0. The summed E-state index contributed by atoms with van der Waals surface area (Å²) in [7, 11) is 0. The fourth-order valence-corrected chi connectivity index (χ4v) is 3.69. The van der Waals surface area contributed by atoms with E-state index in [1.165, 1.54) is 12.8 Å². The van der Waals surface area contributed by atoms with Gasteiger partial charge in [0.1, 0.15) is 0 Å². The molecule has 0 spiro atoms. The minimum absolute atomic E-state index is 0.0327. The molecule has 138 valence electrons. The van der Waals surface area contributed by atoms with E-state index in [-0.39, 0.29) is 12.5 Å². The van der Waals surface area contributed by atoms with Gasteiger partial charge in [-0.3, -0.25) is 14.4 Å². The number of amides is 1. The molecular formula is C20H26N4O2. The molecule has 0 atom stereocenters. The lowest BCUT2D eigenvalue weighted by atomic mass is 10.0. The Kier molecular flexibility index (Phi) is 5.04. The number of hydrogen-bond acceptors (Lipinski definition) is 4. The van der Waals surface area contributed by atoms with Gasteiger partial charge in [-0.2, -0.15) is 5.10 Å². The highest BCUT2D eigenvalue weighted by Gasteiger charge is 2.31. The first-order chi connectivity index (χ1) is 12.7. The van der Waals surface area contributed by atoms with Crippen molar-refractivity contribution in [3.63, 3.8) is 0 Å². The van der Waals surface area contributed by atoms with E-state index >= 15 is 0 Å². The van der Waals surface area contributed by atoms with Crippen LogP contribution < -0.4 is 5.32 Å². The van der Waals surface area contributed by atoms with Crippen LogP contribution >= 0.6 is 0 Å². The van der Waals surface area contributed by atoms with E-state index in [4.69, 9.17) is 0 Å². The van der Waals surface area contributed by atoms with E-state index in [1.54, 1.807) is 0 Å². The molecule has 6 heteroatoms. The number of benzene rings is 1. The first-order valence-corrected chi connectivity index (χ1v) is 9.48. The Morgan fingerprint density at radius 1 is 1.27 bits per heavy atom. The van der Waals surface area contributed by atoms with Crippen molar-refractivity contribution in [2.24, 2.45) is 5.92 Å². The molecule has 0 saturated heterocycles. The van der Waals surface area contributed by atoms with Gasteiger partial charge in [-0.25, -0.2) is 0 Å². The quantitative estimate of drug-likeness (QED) is 0.792. The average molecular weight is 354 g/mol. The Balaban J connectivity index is 1.51. The van der Waals surface area contributed by atoms with Crippen LogP contribution in [0, 0.1) is 5.92 Å². The molecule has 0 bridgehead atoms. The van der Waals surface area contributed by atoms with Crippen molar-refractivity contribution in [3.8, 4) is 0 Å². The first-order valence-electron chi connectivity index (χ1n) is 9.48. The predicted octanol–water partition coefficient (Wildman–Crippen LogP) is 1.57. The standard InChI is InChI=1S/C20H26N4O2/c25-11-10-24-18-8-9-23(13-16-6-7-16)14-17(18)19(22-24)20(26)21-12-15-4-2-1-3-5-15/h1-5,16,25H,6-14H2,(H,21,26). The van der Waals surface area contributed by atoms with Crippen LogP contribution in [0.4, 0.5) is 0 Å². The van der Waals surface area contributed by atoms with Gasteiger partial charge < -0.3 is 10.4 Å². The molecule has 6 nitrogen and oxygen atoms in total. The summed E-state index contributed by atoms with van der Waals surface area (Å²) in [5.74, 6) is 0.703. The molecule has 1 saturated carbocycles. The van der Waals surface area contributed by atoms with Crippen LogP contribution in [-0.2, 0) is 26.1 Å². The molecule has 2 aliphatic rings. The molecule has 1 aliphatic heterocycles. The average Bonchev–Trinajstić information content (AvgIpc) is 3.41. The largest absolute Gasteiger partial charge is 0.394 e. The second-order valence-corrected chi connectivity index (χ2v) is 7.32. The SMILES string of the molecule is O=C(NCc1ccccc1)c1nn(CCO)c2c1CN(CC1CC1)CC2. The number of carbonyl (C=O) groups is 1. The molecule has 1 aliphatic carbocycles. The van der Waals surface area contributed by atoms with Crippen molar-refractivity contribution in [2.75, 3.05) is 19.7 Å². The molecule has 1 aromatic carbocycles. The summed E-state index contributed by atoms with van der Waals surface area (Å²) in [5.41, 5.74) is 3.73. The van der Waals surface area contributed by atoms with E-state index < -0.39 is 0 Å². The van der Waals surface area contributed by atoms with E-state index in [1.807, 2.05) is 35.0 Å². The van der Waals surface area contributed by atoms with Gasteiger partial charge in [-0.1, -0.05) is 30.3 Å². The molecule has 0 radical (unpaired) electrons. The summed E-state index contributed by atoms with van der Waals surface area (Å²) in [4.78, 5) is 15.2. The van der Waals surface area contributed by atoms with E-state index in [2.05, 4.69) is 15.3 Å². The normalized spacial score (nSPS) is 17.1. The molecule has 2 aromatic rings. The van der Waals surface area contributed by atoms with E-state index in [0.717, 1.165) is 48.8 Å². The maximum absolute atomic E-state index is 12.8. The van der Waals surface area contributed by atoms with Gasteiger partial charge in [0.05, 0.1) is 13.2 Å². The number of aliphatic hydroxyl groups is 1. The van der Waals surface area contributed by atoms with Crippen LogP contribution in [0.5, 0.6) is 0 Å². The van der Waals surface area contributed by atoms with Crippen molar-refractivity contribution < 1.29 is 9.90 Å². The van der Waals surface area contributed by atoms with Crippen molar-refractivity contribution in [1.29, 1.82) is 0 Å². The molecule has 26 heavy (non-hydrogen) atoms. The van der Waals surface area contributed by atoms with Crippen LogP contribution in [0.15, 0.2) is 30.3 Å². The minimum Gasteiger partial charge on any atom is -0.394 e. The fourth-order valence-electron chi connectivity index (χ4n) is 3.69. The number of carbonyl (C=O) groups excluding carboxylic acids is 1. The zero-order chi connectivity index (χ0) is 17.9. The molecule has 1 aromatic heterocycles. The highest BCUT2D eigenvalue weighted by molar-refractivity contribution is 5.94. The number of aromatic nitrogens is 2. The number of aliphatic hydroxyl groups excluding tert-OH is 1. The van der Waals surface area contributed by atoms with Gasteiger partial charge in [-0.15, -0.1) is 0 Å². The molecule has 4 rings (SSSR count). The highest BCUT2D eigenvalue weighted by Crippen LogP contribution is 2.32. The fraction of sp³-hybridized carbons (Fsp3) is 0.500. The molecule has 2 N–H and O–H groups in total. The Labute approximate surface area is 153 Å². The van der Waals surface area contributed by atoms with Gasteiger partial charge in [0.15, 0.2) is 5.69 Å². The van der Waals surface area contributed by atoms with E-state index in [0.29, 0.717) is 18.8 Å². The van der Waals surface area contributed by atoms with Gasteiger partial charge in [0.25, 0.3) is 5.91 Å². The second-order valence-electron chi connectivity index (χ2n) is 7.32. The summed E-state index contributed by atoms with van der Waals surface area (Å²) in [6.45, 7) is 3.88. The second kappa shape index (κ2) is 7.60. The van der Waals surface area contributed by atoms with Crippen LogP contribution in [0.1, 0.15) is 40.2 Å². The number of nitrogens with zero attached hydrogens (tertiary/aromatic N) is 3. The lowest BCUT2D eigenvalue weighted by Gasteiger charge is -2.27.